The van der Waals surface area contributed by atoms with Gasteiger partial charge < -0.3 is 9.47 Å². The Balaban J connectivity index is 2.35. The van der Waals surface area contributed by atoms with E-state index in [1.54, 1.807) is 0 Å². The Morgan fingerprint density at radius 1 is 1.57 bits per heavy atom. The molecule has 0 fully saturated rings. The first-order valence-electron chi connectivity index (χ1n) is 5.33. The molecule has 0 saturated carbocycles. The second kappa shape index (κ2) is 8.46. The molecule has 0 aromatic heterocycles. The highest BCUT2D eigenvalue weighted by Crippen LogP contribution is 2.26. The van der Waals surface area contributed by atoms with E-state index in [0.29, 0.717) is 0 Å². The lowest BCUT2D eigenvalue weighted by Gasteiger charge is -2.09. The number of carbonyl (C=O) groups is 2. The van der Waals surface area contributed by atoms with Gasteiger partial charge in [0.25, 0.3) is 0 Å². The van der Waals surface area contributed by atoms with E-state index in [-0.39, 0.29) is 18.1 Å². The molecule has 0 spiro atoms. The van der Waals surface area contributed by atoms with E-state index in [9.17, 15) is 14.4 Å². The fraction of sp³-hybridized carbons (Fsp3) is 0.364. The van der Waals surface area contributed by atoms with Gasteiger partial charge in [-0.05, 0) is 5.41 Å². The molecule has 0 aromatic carbocycles. The smallest absolute Gasteiger partial charge is 0.333 e. The van der Waals surface area contributed by atoms with Crippen LogP contribution in [0.25, 0.3) is 0 Å². The van der Waals surface area contributed by atoms with E-state index >= 15 is 0 Å². The number of cyclic esters (lactones) is 1. The van der Waals surface area contributed by atoms with Crippen molar-refractivity contribution in [1.82, 2.24) is 0 Å². The maximum Gasteiger partial charge on any atom is 0.333 e. The molecule has 0 aliphatic carbocycles. The predicted molar refractivity (Wildman–Crippen MR) is 78.9 cm³/mol. The third kappa shape index (κ3) is 7.55. The topological polar surface area (TPSA) is 82.0 Å². The van der Waals surface area contributed by atoms with Crippen molar-refractivity contribution in [1.29, 1.82) is 0 Å². The number of thioether (sulfide) groups is 1. The van der Waals surface area contributed by atoms with Crippen molar-refractivity contribution >= 4 is 64.6 Å². The van der Waals surface area contributed by atoms with Gasteiger partial charge >= 0.3 is 11.9 Å². The quantitative estimate of drug-likeness (QED) is 0.234. The molecule has 6 nitrogen and oxygen atoms in total. The number of rotatable bonds is 6. The van der Waals surface area contributed by atoms with Crippen LogP contribution in [0.4, 0.5) is 0 Å². The Labute approximate surface area is 139 Å². The highest BCUT2D eigenvalue weighted by molar-refractivity contribution is 8.02. The van der Waals surface area contributed by atoms with Gasteiger partial charge in [0.05, 0.1) is 0 Å². The number of ether oxygens (including phenoxy) is 2. The van der Waals surface area contributed by atoms with Crippen molar-refractivity contribution in [2.45, 2.75) is 9.90 Å². The molecule has 1 heterocycles. The van der Waals surface area contributed by atoms with Crippen LogP contribution in [0.5, 0.6) is 0 Å². The Bertz CT molecular complexity index is 522. The Morgan fingerprint density at radius 2 is 2.29 bits per heavy atom. The Hall–Kier alpha value is -0.980. The first kappa shape index (κ1) is 18.1. The van der Waals surface area contributed by atoms with Gasteiger partial charge in [-0.1, -0.05) is 34.8 Å². The molecule has 114 valence electrons. The fourth-order valence-electron chi connectivity index (χ4n) is 1.17. The molecule has 21 heavy (non-hydrogen) atoms. The third-order valence-corrected chi connectivity index (χ3v) is 3.11. The minimum atomic E-state index is -1.67. The van der Waals surface area contributed by atoms with Crippen LogP contribution >= 0.6 is 46.6 Å². The maximum absolute atomic E-state index is 11.2. The summed E-state index contributed by atoms with van der Waals surface area (Å²) in [5, 5.41) is 1.43. The van der Waals surface area contributed by atoms with E-state index in [0.717, 1.165) is 23.9 Å². The second-order valence-electron chi connectivity index (χ2n) is 3.56. The molecule has 0 aromatic rings. The first-order valence-corrected chi connectivity index (χ1v) is 7.52. The van der Waals surface area contributed by atoms with Gasteiger partial charge in [-0.2, -0.15) is 4.99 Å². The average molecular weight is 373 g/mol. The zero-order chi connectivity index (χ0) is 15.9. The van der Waals surface area contributed by atoms with E-state index in [1.165, 1.54) is 11.5 Å². The maximum atomic E-state index is 11.2. The lowest BCUT2D eigenvalue weighted by Crippen LogP contribution is -2.16. The van der Waals surface area contributed by atoms with E-state index in [4.69, 9.17) is 39.5 Å². The summed E-state index contributed by atoms with van der Waals surface area (Å²) in [6, 6.07) is 0. The van der Waals surface area contributed by atoms with Crippen LogP contribution in [0.3, 0.4) is 0 Å². The van der Waals surface area contributed by atoms with Crippen LogP contribution in [0, 0.1) is 0 Å². The summed E-state index contributed by atoms with van der Waals surface area (Å²) in [6.07, 6.45) is 2.91. The molecule has 1 unspecified atom stereocenters. The molecule has 1 aliphatic heterocycles. The Morgan fingerprint density at radius 3 is 2.90 bits per heavy atom. The number of halogens is 3. The molecule has 0 N–H and O–H groups in total. The van der Waals surface area contributed by atoms with E-state index in [2.05, 4.69) is 9.73 Å². The number of nitrogens with zero attached hydrogens (tertiary/aromatic N) is 1. The normalized spacial score (nSPS) is 18.1. The van der Waals surface area contributed by atoms with Crippen molar-refractivity contribution in [3.63, 3.8) is 0 Å². The van der Waals surface area contributed by atoms with Crippen LogP contribution in [0.1, 0.15) is 0 Å². The zero-order valence-corrected chi connectivity index (χ0v) is 13.3. The molecule has 1 atom stereocenters. The molecular weight excluding hydrogens is 365 g/mol. The van der Waals surface area contributed by atoms with Crippen molar-refractivity contribution in [2.75, 3.05) is 12.4 Å². The van der Waals surface area contributed by atoms with Crippen LogP contribution < -0.4 is 0 Å². The third-order valence-electron chi connectivity index (χ3n) is 1.95. The van der Waals surface area contributed by atoms with Gasteiger partial charge in [0.15, 0.2) is 6.10 Å². The Kier molecular flexibility index (Phi) is 7.28. The van der Waals surface area contributed by atoms with Gasteiger partial charge in [-0.15, -0.1) is 11.8 Å². The van der Waals surface area contributed by atoms with Crippen LogP contribution in [-0.4, -0.2) is 40.3 Å². The number of alkyl halides is 3. The number of carbonyl (C=O) groups excluding carboxylic acids is 3. The molecule has 0 amide bonds. The molecule has 0 bridgehead atoms. The summed E-state index contributed by atoms with van der Waals surface area (Å²) in [5.41, 5.74) is 0.190. The highest BCUT2D eigenvalue weighted by atomic mass is 35.6. The van der Waals surface area contributed by atoms with Gasteiger partial charge in [0, 0.05) is 17.9 Å². The molecule has 10 heteroatoms. The number of hydrogen-bond donors (Lipinski definition) is 0. The van der Waals surface area contributed by atoms with Crippen molar-refractivity contribution in [3.8, 4) is 0 Å². The van der Waals surface area contributed by atoms with Gasteiger partial charge in [-0.25, -0.2) is 14.4 Å². The summed E-state index contributed by atoms with van der Waals surface area (Å²) in [7, 11) is 0. The van der Waals surface area contributed by atoms with Crippen molar-refractivity contribution in [3.05, 3.63) is 23.3 Å². The van der Waals surface area contributed by atoms with Crippen LogP contribution in [0.2, 0.25) is 0 Å². The first-order chi connectivity index (χ1) is 9.81. The van der Waals surface area contributed by atoms with Gasteiger partial charge in [-0.3, -0.25) is 0 Å². The molecule has 0 radical (unpaired) electrons. The van der Waals surface area contributed by atoms with E-state index < -0.39 is 21.8 Å². The van der Waals surface area contributed by atoms with E-state index in [1.807, 2.05) is 0 Å². The monoisotopic (exact) mass is 371 g/mol. The minimum Gasteiger partial charge on any atom is -0.458 e. The van der Waals surface area contributed by atoms with Crippen LogP contribution in [0.15, 0.2) is 28.2 Å². The standard InChI is InChI=1S/C11H8Cl3NO5S/c12-11(13,14)5-19-9(17)1-2-21-4-8-7(15-6-16)3-10(18)20-8/h1-3,8H,4-5H2/b2-1+. The predicted octanol–water partition coefficient (Wildman–Crippen LogP) is 2.29. The highest BCUT2D eigenvalue weighted by Gasteiger charge is 2.26. The minimum absolute atomic E-state index is 0.190. The summed E-state index contributed by atoms with van der Waals surface area (Å²) < 4.78 is 7.89. The lowest BCUT2D eigenvalue weighted by molar-refractivity contribution is -0.138. The molecule has 0 saturated heterocycles. The van der Waals surface area contributed by atoms with Gasteiger partial charge in [0.2, 0.25) is 9.87 Å². The summed E-state index contributed by atoms with van der Waals surface area (Å²) in [5.74, 6) is -0.989. The van der Waals surface area contributed by atoms with Crippen LogP contribution in [-0.2, 0) is 23.9 Å². The second-order valence-corrected chi connectivity index (χ2v) is 7.01. The number of aliphatic imine (C=N–C) groups is 1. The average Bonchev–Trinajstić information content (AvgIpc) is 2.72. The lowest BCUT2D eigenvalue weighted by atomic mass is 10.3. The molecule has 1 aliphatic rings. The van der Waals surface area contributed by atoms with Crippen molar-refractivity contribution in [2.24, 2.45) is 4.99 Å². The summed E-state index contributed by atoms with van der Waals surface area (Å²) in [4.78, 5) is 35.8. The van der Waals surface area contributed by atoms with Crippen molar-refractivity contribution < 1.29 is 23.9 Å². The molecule has 1 rings (SSSR count). The fourth-order valence-corrected chi connectivity index (χ4v) is 2.07. The number of hydrogen-bond acceptors (Lipinski definition) is 7. The summed E-state index contributed by atoms with van der Waals surface area (Å²) in [6.45, 7) is -0.368. The number of esters is 2. The molecular formula is C11H8Cl3NO5S. The number of isocyanates is 1. The van der Waals surface area contributed by atoms with Gasteiger partial charge in [0.1, 0.15) is 12.3 Å². The SMILES string of the molecule is O=C=NC1=CC(=O)OC1CS/C=C/C(=O)OCC(Cl)(Cl)Cl. The largest absolute Gasteiger partial charge is 0.458 e. The zero-order valence-electron chi connectivity index (χ0n) is 10.3. The summed E-state index contributed by atoms with van der Waals surface area (Å²) >= 11 is 17.4.